The van der Waals surface area contributed by atoms with Crippen molar-refractivity contribution < 1.29 is 4.74 Å². The second kappa shape index (κ2) is 11.2. The minimum absolute atomic E-state index is 0.446. The number of halogens is 1. The van der Waals surface area contributed by atoms with E-state index in [1.165, 1.54) is 11.9 Å². The summed E-state index contributed by atoms with van der Waals surface area (Å²) in [6.07, 6.45) is 3.72. The van der Waals surface area contributed by atoms with Crippen LogP contribution in [-0.4, -0.2) is 57.9 Å². The first-order chi connectivity index (χ1) is 18.3. The fourth-order valence-electron chi connectivity index (χ4n) is 4.53. The van der Waals surface area contributed by atoms with Gasteiger partial charge in [0.25, 0.3) is 0 Å². The number of rotatable bonds is 7. The minimum atomic E-state index is 0.446. The summed E-state index contributed by atoms with van der Waals surface area (Å²) in [6, 6.07) is 12.2. The van der Waals surface area contributed by atoms with Crippen molar-refractivity contribution in [2.45, 2.75) is 25.7 Å². The van der Waals surface area contributed by atoms with E-state index in [9.17, 15) is 0 Å². The Labute approximate surface area is 233 Å². The summed E-state index contributed by atoms with van der Waals surface area (Å²) in [7, 11) is 4.03. The van der Waals surface area contributed by atoms with Crippen molar-refractivity contribution in [1.82, 2.24) is 24.6 Å². The Morgan fingerprint density at radius 3 is 2.39 bits per heavy atom. The van der Waals surface area contributed by atoms with Crippen LogP contribution in [0.4, 0.5) is 11.6 Å². The lowest BCUT2D eigenvalue weighted by atomic mass is 10.00. The molecule has 0 unspecified atom stereocenters. The van der Waals surface area contributed by atoms with E-state index in [2.05, 4.69) is 64.8 Å². The highest BCUT2D eigenvalue weighted by atomic mass is 35.5. The number of anilines is 2. The Hall–Kier alpha value is -3.27. The topological polar surface area (TPSA) is 71.3 Å². The lowest BCUT2D eigenvalue weighted by Gasteiger charge is -2.34. The fourth-order valence-corrected chi connectivity index (χ4v) is 5.34. The van der Waals surface area contributed by atoms with E-state index in [4.69, 9.17) is 26.3 Å². The second-order valence-corrected chi connectivity index (χ2v) is 11.0. The zero-order valence-electron chi connectivity index (χ0n) is 22.3. The van der Waals surface area contributed by atoms with Crippen molar-refractivity contribution in [1.29, 1.82) is 0 Å². The van der Waals surface area contributed by atoms with Gasteiger partial charge in [0.1, 0.15) is 5.75 Å². The monoisotopic (exact) mass is 549 g/mol. The highest BCUT2D eigenvalue weighted by molar-refractivity contribution is 8.00. The van der Waals surface area contributed by atoms with Gasteiger partial charge in [0, 0.05) is 73.4 Å². The van der Waals surface area contributed by atoms with Crippen LogP contribution >= 0.6 is 23.5 Å². The molecule has 1 N–H and O–H groups in total. The van der Waals surface area contributed by atoms with E-state index in [0.29, 0.717) is 22.6 Å². The van der Waals surface area contributed by atoms with Crippen molar-refractivity contribution in [3.63, 3.8) is 0 Å². The summed E-state index contributed by atoms with van der Waals surface area (Å²) in [6.45, 7) is 10.1. The van der Waals surface area contributed by atoms with E-state index in [-0.39, 0.29) is 0 Å². The molecule has 0 atom stereocenters. The number of ether oxygens (including phenoxy) is 1. The van der Waals surface area contributed by atoms with Gasteiger partial charge in [-0.1, -0.05) is 29.8 Å². The molecule has 3 heterocycles. The Kier molecular flexibility index (Phi) is 7.78. The zero-order valence-corrected chi connectivity index (χ0v) is 23.9. The largest absolute Gasteiger partial charge is 0.438 e. The summed E-state index contributed by atoms with van der Waals surface area (Å²) in [5, 5.41) is 4.90. The van der Waals surface area contributed by atoms with E-state index in [1.807, 2.05) is 32.3 Å². The minimum Gasteiger partial charge on any atom is -0.438 e. The Balaban J connectivity index is 1.50. The molecule has 0 amide bonds. The number of nitrogens with zero attached hydrogens (tertiary/aromatic N) is 6. The molecule has 38 heavy (non-hydrogen) atoms. The van der Waals surface area contributed by atoms with Crippen LogP contribution in [0.25, 0.3) is 11.3 Å². The Morgan fingerprint density at radius 2 is 1.71 bits per heavy atom. The molecule has 198 valence electrons. The van der Waals surface area contributed by atoms with Gasteiger partial charge in [0.2, 0.25) is 11.8 Å². The summed E-state index contributed by atoms with van der Waals surface area (Å²) < 4.78 is 11.5. The quantitative estimate of drug-likeness (QED) is 0.276. The third-order valence-electron chi connectivity index (χ3n) is 6.75. The molecule has 2 aromatic heterocycles. The lowest BCUT2D eigenvalue weighted by molar-refractivity contribution is 0.312. The van der Waals surface area contributed by atoms with Crippen molar-refractivity contribution in [2.24, 2.45) is 7.05 Å². The predicted octanol–water partition coefficient (Wildman–Crippen LogP) is 6.12. The smallest absolute Gasteiger partial charge is 0.237 e. The van der Waals surface area contributed by atoms with Crippen LogP contribution in [0.15, 0.2) is 53.7 Å². The number of hydrogen-bond acceptors (Lipinski definition) is 8. The number of likely N-dealkylation sites (N-methyl/N-ethyl adjacent to an activating group) is 1. The lowest BCUT2D eigenvalue weighted by Crippen LogP contribution is -2.44. The molecule has 0 radical (unpaired) electrons. The van der Waals surface area contributed by atoms with E-state index < -0.39 is 0 Å². The van der Waals surface area contributed by atoms with Gasteiger partial charge < -0.3 is 14.5 Å². The molecule has 0 spiro atoms. The third kappa shape index (κ3) is 5.90. The number of aromatic nitrogens is 4. The normalized spacial score (nSPS) is 14.1. The zero-order chi connectivity index (χ0) is 26.8. The molecule has 10 heteroatoms. The van der Waals surface area contributed by atoms with Gasteiger partial charge in [-0.05, 0) is 57.0 Å². The van der Waals surface area contributed by atoms with E-state index >= 15 is 0 Å². The predicted molar refractivity (Wildman–Crippen MR) is 156 cm³/mol. The van der Waals surface area contributed by atoms with Gasteiger partial charge in [-0.3, -0.25) is 9.40 Å². The van der Waals surface area contributed by atoms with Gasteiger partial charge in [-0.2, -0.15) is 10.1 Å². The second-order valence-electron chi connectivity index (χ2n) is 9.68. The molecule has 0 saturated carbocycles. The van der Waals surface area contributed by atoms with E-state index in [0.717, 1.165) is 64.7 Å². The molecule has 8 nitrogen and oxygen atoms in total. The number of hydrogen-bond donors (Lipinski definition) is 1. The number of piperazine rings is 1. The fraction of sp³-hybridized carbons (Fsp3) is 0.321. The molecule has 4 aromatic rings. The summed E-state index contributed by atoms with van der Waals surface area (Å²) in [4.78, 5) is 15.2. The molecule has 0 aliphatic carbocycles. The van der Waals surface area contributed by atoms with Crippen molar-refractivity contribution in [3.8, 4) is 22.9 Å². The molecular weight excluding hydrogens is 518 g/mol. The van der Waals surface area contributed by atoms with Crippen LogP contribution in [0.5, 0.6) is 11.6 Å². The molecule has 1 fully saturated rings. The average molecular weight is 550 g/mol. The first kappa shape index (κ1) is 26.3. The van der Waals surface area contributed by atoms with Crippen LogP contribution in [0.1, 0.15) is 16.7 Å². The van der Waals surface area contributed by atoms with Crippen LogP contribution in [0, 0.1) is 20.8 Å². The highest BCUT2D eigenvalue weighted by Crippen LogP contribution is 2.37. The maximum atomic E-state index is 6.68. The standard InChI is InChI=1S/C28H32ClN7OS/c1-18-7-6-8-19(2)27(18)24-15-26(32-28(31-24)33-38-22-16-30-35(5)17-22)37-25-14-21(13-23(29)20(25)3)36-11-9-34(4)10-12-36/h6-8,13-17H,9-12H2,1-5H3,(H,31,32,33). The first-order valence-electron chi connectivity index (χ1n) is 12.6. The third-order valence-corrected chi connectivity index (χ3v) is 7.87. The summed E-state index contributed by atoms with van der Waals surface area (Å²) in [5.41, 5.74) is 6.05. The van der Waals surface area contributed by atoms with Crippen LogP contribution < -0.4 is 14.4 Å². The number of benzene rings is 2. The SMILES string of the molecule is Cc1cccc(C)c1-c1cc(Oc2cc(N3CCN(C)CC3)cc(Cl)c2C)nc(NSc2cnn(C)c2)n1. The molecule has 1 aliphatic heterocycles. The van der Waals surface area contributed by atoms with Crippen LogP contribution in [0.3, 0.4) is 0 Å². The van der Waals surface area contributed by atoms with Gasteiger partial charge in [0.05, 0.1) is 16.8 Å². The molecule has 2 aromatic carbocycles. The van der Waals surface area contributed by atoms with Crippen molar-refractivity contribution >= 4 is 35.2 Å². The van der Waals surface area contributed by atoms with Gasteiger partial charge in [0.15, 0.2) is 0 Å². The average Bonchev–Trinajstić information content (AvgIpc) is 3.31. The van der Waals surface area contributed by atoms with E-state index in [1.54, 1.807) is 10.9 Å². The summed E-state index contributed by atoms with van der Waals surface area (Å²) in [5.74, 6) is 1.58. The number of nitrogens with one attached hydrogen (secondary N) is 1. The van der Waals surface area contributed by atoms with Crippen molar-refractivity contribution in [3.05, 3.63) is 70.5 Å². The van der Waals surface area contributed by atoms with Crippen LogP contribution in [0.2, 0.25) is 5.02 Å². The van der Waals surface area contributed by atoms with Gasteiger partial charge >= 0.3 is 0 Å². The highest BCUT2D eigenvalue weighted by Gasteiger charge is 2.19. The molecule has 1 saturated heterocycles. The molecule has 5 rings (SSSR count). The van der Waals surface area contributed by atoms with Gasteiger partial charge in [-0.15, -0.1) is 0 Å². The maximum Gasteiger partial charge on any atom is 0.237 e. The molecule has 1 aliphatic rings. The maximum absolute atomic E-state index is 6.68. The Morgan fingerprint density at radius 1 is 0.974 bits per heavy atom. The van der Waals surface area contributed by atoms with Crippen molar-refractivity contribution in [2.75, 3.05) is 42.8 Å². The number of aryl methyl sites for hydroxylation is 3. The molecule has 0 bridgehead atoms. The first-order valence-corrected chi connectivity index (χ1v) is 13.7. The summed E-state index contributed by atoms with van der Waals surface area (Å²) >= 11 is 8.08. The Bertz CT molecular complexity index is 1430. The van der Waals surface area contributed by atoms with Gasteiger partial charge in [-0.25, -0.2) is 4.98 Å². The molecular formula is C28H32ClN7OS. The van der Waals surface area contributed by atoms with Crippen LogP contribution in [-0.2, 0) is 7.05 Å².